The first kappa shape index (κ1) is 15.2. The minimum absolute atomic E-state index is 0.133. The summed E-state index contributed by atoms with van der Waals surface area (Å²) in [5.41, 5.74) is 1.15. The number of rotatable bonds is 4. The van der Waals surface area contributed by atoms with Crippen LogP contribution in [0.4, 0.5) is 0 Å². The largest absolute Gasteiger partial charge is 0.497 e. The molecule has 0 aromatic heterocycles. The highest BCUT2D eigenvalue weighted by atomic mass is 16.5. The molecule has 1 saturated heterocycles. The molecule has 1 amide bonds. The minimum Gasteiger partial charge on any atom is -0.497 e. The molecule has 2 fully saturated rings. The summed E-state index contributed by atoms with van der Waals surface area (Å²) in [5.74, 6) is 1.70. The molecular formula is C17H24N2O3. The fourth-order valence-electron chi connectivity index (χ4n) is 3.60. The molecule has 1 spiro atoms. The fraction of sp³-hybridized carbons (Fsp3) is 0.588. The van der Waals surface area contributed by atoms with Gasteiger partial charge in [0.1, 0.15) is 11.5 Å². The number of methoxy groups -OCH3 is 2. The monoisotopic (exact) mass is 304 g/mol. The van der Waals surface area contributed by atoms with Gasteiger partial charge in [-0.25, -0.2) is 0 Å². The van der Waals surface area contributed by atoms with Gasteiger partial charge in [0.2, 0.25) is 5.91 Å². The van der Waals surface area contributed by atoms with Crippen LogP contribution in [-0.4, -0.2) is 43.7 Å². The van der Waals surface area contributed by atoms with E-state index >= 15 is 0 Å². The van der Waals surface area contributed by atoms with Gasteiger partial charge in [0.15, 0.2) is 0 Å². The van der Waals surface area contributed by atoms with E-state index in [9.17, 15) is 4.79 Å². The van der Waals surface area contributed by atoms with Crippen LogP contribution >= 0.6 is 0 Å². The third-order valence-corrected chi connectivity index (χ3v) is 4.88. The average Bonchev–Trinajstić information content (AvgIpc) is 2.99. The van der Waals surface area contributed by atoms with E-state index in [1.54, 1.807) is 14.2 Å². The van der Waals surface area contributed by atoms with Gasteiger partial charge in [-0.15, -0.1) is 0 Å². The van der Waals surface area contributed by atoms with Gasteiger partial charge in [-0.05, 0) is 25.0 Å². The second kappa shape index (κ2) is 6.16. The van der Waals surface area contributed by atoms with Crippen LogP contribution in [0.1, 0.15) is 31.2 Å². The summed E-state index contributed by atoms with van der Waals surface area (Å²) >= 11 is 0. The molecule has 1 N–H and O–H groups in total. The van der Waals surface area contributed by atoms with Crippen molar-refractivity contribution in [1.82, 2.24) is 10.2 Å². The summed E-state index contributed by atoms with van der Waals surface area (Å²) in [7, 11) is 3.29. The summed E-state index contributed by atoms with van der Waals surface area (Å²) < 4.78 is 10.7. The Bertz CT molecular complexity index is 553. The van der Waals surface area contributed by atoms with Crippen molar-refractivity contribution >= 4 is 5.91 Å². The van der Waals surface area contributed by atoms with Crippen LogP contribution in [-0.2, 0) is 11.3 Å². The van der Waals surface area contributed by atoms with Crippen LogP contribution in [0.2, 0.25) is 0 Å². The lowest BCUT2D eigenvalue weighted by molar-refractivity contribution is -0.135. The molecule has 0 unspecified atom stereocenters. The maximum Gasteiger partial charge on any atom is 0.236 e. The SMILES string of the molecule is COc1ccc(CN2CC3(CCCC3)NCC2=O)c(OC)c1. The highest BCUT2D eigenvalue weighted by Gasteiger charge is 2.40. The molecule has 1 heterocycles. The molecule has 22 heavy (non-hydrogen) atoms. The van der Waals surface area contributed by atoms with Gasteiger partial charge in [0.05, 0.1) is 20.8 Å². The Morgan fingerprint density at radius 3 is 2.68 bits per heavy atom. The third kappa shape index (κ3) is 2.90. The van der Waals surface area contributed by atoms with E-state index < -0.39 is 0 Å². The molecule has 5 nitrogen and oxygen atoms in total. The summed E-state index contributed by atoms with van der Waals surface area (Å²) in [6, 6.07) is 5.76. The van der Waals surface area contributed by atoms with Crippen molar-refractivity contribution in [2.75, 3.05) is 27.3 Å². The quantitative estimate of drug-likeness (QED) is 0.924. The molecule has 1 aromatic rings. The predicted octanol–water partition coefficient (Wildman–Crippen LogP) is 1.95. The van der Waals surface area contributed by atoms with Crippen LogP contribution in [0.5, 0.6) is 11.5 Å². The molecule has 1 aliphatic heterocycles. The predicted molar refractivity (Wildman–Crippen MR) is 84.2 cm³/mol. The van der Waals surface area contributed by atoms with Crippen molar-refractivity contribution in [1.29, 1.82) is 0 Å². The number of benzene rings is 1. The Balaban J connectivity index is 1.77. The van der Waals surface area contributed by atoms with E-state index in [-0.39, 0.29) is 11.4 Å². The smallest absolute Gasteiger partial charge is 0.236 e. The van der Waals surface area contributed by atoms with Crippen molar-refractivity contribution in [2.24, 2.45) is 0 Å². The highest BCUT2D eigenvalue weighted by Crippen LogP contribution is 2.33. The van der Waals surface area contributed by atoms with E-state index in [1.807, 2.05) is 23.1 Å². The Hall–Kier alpha value is -1.75. The minimum atomic E-state index is 0.133. The molecule has 0 radical (unpaired) electrons. The van der Waals surface area contributed by atoms with E-state index in [2.05, 4.69) is 5.32 Å². The average molecular weight is 304 g/mol. The van der Waals surface area contributed by atoms with Crippen LogP contribution in [0, 0.1) is 0 Å². The first-order chi connectivity index (χ1) is 10.7. The zero-order chi connectivity index (χ0) is 15.6. The van der Waals surface area contributed by atoms with Crippen molar-refractivity contribution in [3.05, 3.63) is 23.8 Å². The molecule has 2 aliphatic rings. The molecule has 3 rings (SSSR count). The van der Waals surface area contributed by atoms with E-state index in [1.165, 1.54) is 12.8 Å². The van der Waals surface area contributed by atoms with Crippen molar-refractivity contribution in [3.8, 4) is 11.5 Å². The van der Waals surface area contributed by atoms with Crippen molar-refractivity contribution < 1.29 is 14.3 Å². The first-order valence-corrected chi connectivity index (χ1v) is 7.89. The van der Waals surface area contributed by atoms with Gasteiger partial charge < -0.3 is 19.7 Å². The zero-order valence-electron chi connectivity index (χ0n) is 13.4. The lowest BCUT2D eigenvalue weighted by Crippen LogP contribution is -2.61. The van der Waals surface area contributed by atoms with Gasteiger partial charge in [0.25, 0.3) is 0 Å². The normalized spacial score (nSPS) is 20.5. The summed E-state index contributed by atoms with van der Waals surface area (Å²) in [6.45, 7) is 1.83. The number of hydrogen-bond acceptors (Lipinski definition) is 4. The van der Waals surface area contributed by atoms with Crippen LogP contribution < -0.4 is 14.8 Å². The lowest BCUT2D eigenvalue weighted by Gasteiger charge is -2.41. The maximum atomic E-state index is 12.3. The number of piperazine rings is 1. The molecule has 5 heteroatoms. The maximum absolute atomic E-state index is 12.3. The van der Waals surface area contributed by atoms with E-state index in [0.29, 0.717) is 13.1 Å². The number of amides is 1. The van der Waals surface area contributed by atoms with Crippen molar-refractivity contribution in [3.63, 3.8) is 0 Å². The molecular weight excluding hydrogens is 280 g/mol. The molecule has 0 atom stereocenters. The van der Waals surface area contributed by atoms with Gasteiger partial charge in [-0.3, -0.25) is 4.79 Å². The Morgan fingerprint density at radius 1 is 1.23 bits per heavy atom. The van der Waals surface area contributed by atoms with Gasteiger partial charge in [-0.2, -0.15) is 0 Å². The molecule has 120 valence electrons. The second-order valence-corrected chi connectivity index (χ2v) is 6.27. The number of ether oxygens (including phenoxy) is 2. The summed E-state index contributed by atoms with van der Waals surface area (Å²) in [6.07, 6.45) is 4.83. The number of carbonyl (C=O) groups excluding carboxylic acids is 1. The third-order valence-electron chi connectivity index (χ3n) is 4.88. The number of carbonyl (C=O) groups is 1. The van der Waals surface area contributed by atoms with E-state index in [0.717, 1.165) is 36.4 Å². The number of hydrogen-bond donors (Lipinski definition) is 1. The molecule has 1 aromatic carbocycles. The number of nitrogens with zero attached hydrogens (tertiary/aromatic N) is 1. The van der Waals surface area contributed by atoms with Crippen molar-refractivity contribution in [2.45, 2.75) is 37.8 Å². The summed E-state index contributed by atoms with van der Waals surface area (Å²) in [5, 5.41) is 3.46. The Kier molecular flexibility index (Phi) is 4.25. The molecule has 0 bridgehead atoms. The first-order valence-electron chi connectivity index (χ1n) is 7.89. The Morgan fingerprint density at radius 2 is 2.00 bits per heavy atom. The van der Waals surface area contributed by atoms with E-state index in [4.69, 9.17) is 9.47 Å². The van der Waals surface area contributed by atoms with Gasteiger partial charge in [0, 0.05) is 30.3 Å². The fourth-order valence-corrected chi connectivity index (χ4v) is 3.60. The summed E-state index contributed by atoms with van der Waals surface area (Å²) in [4.78, 5) is 14.2. The highest BCUT2D eigenvalue weighted by molar-refractivity contribution is 5.79. The standard InChI is InChI=1S/C17H24N2O3/c1-21-14-6-5-13(15(9-14)22-2)11-19-12-17(7-3-4-8-17)18-10-16(19)20/h5-6,9,18H,3-4,7-8,10-12H2,1-2H3. The number of nitrogens with one attached hydrogen (secondary N) is 1. The van der Waals surface area contributed by atoms with Crippen LogP contribution in [0.25, 0.3) is 0 Å². The second-order valence-electron chi connectivity index (χ2n) is 6.27. The lowest BCUT2D eigenvalue weighted by atomic mass is 9.94. The topological polar surface area (TPSA) is 50.8 Å². The molecule has 1 aliphatic carbocycles. The van der Waals surface area contributed by atoms with Crippen LogP contribution in [0.15, 0.2) is 18.2 Å². The van der Waals surface area contributed by atoms with Gasteiger partial charge in [-0.1, -0.05) is 12.8 Å². The van der Waals surface area contributed by atoms with Gasteiger partial charge >= 0.3 is 0 Å². The molecule has 1 saturated carbocycles. The van der Waals surface area contributed by atoms with Crippen LogP contribution in [0.3, 0.4) is 0 Å². The zero-order valence-corrected chi connectivity index (χ0v) is 13.4. The Labute approximate surface area is 131 Å².